The lowest BCUT2D eigenvalue weighted by Crippen LogP contribution is -2.56. The average molecular weight is 686 g/mol. The third kappa shape index (κ3) is 12.9. The summed E-state index contributed by atoms with van der Waals surface area (Å²) in [5.41, 5.74) is 2.55. The van der Waals surface area contributed by atoms with Crippen molar-refractivity contribution in [1.82, 2.24) is 26.3 Å². The van der Waals surface area contributed by atoms with E-state index in [1.807, 2.05) is 72.8 Å². The predicted octanol–water partition coefficient (Wildman–Crippen LogP) is 4.58. The summed E-state index contributed by atoms with van der Waals surface area (Å²) in [5.74, 6) is -1.27. The zero-order valence-corrected chi connectivity index (χ0v) is 29.1. The first kappa shape index (κ1) is 38.0. The Kier molecular flexibility index (Phi) is 15.2. The van der Waals surface area contributed by atoms with Gasteiger partial charge in [-0.1, -0.05) is 107 Å². The second-order valence-corrected chi connectivity index (χ2v) is 13.4. The van der Waals surface area contributed by atoms with E-state index >= 15 is 0 Å². The van der Waals surface area contributed by atoms with E-state index in [2.05, 4.69) is 26.3 Å². The van der Waals surface area contributed by atoms with Crippen LogP contribution in [0.25, 0.3) is 0 Å². The van der Waals surface area contributed by atoms with Crippen LogP contribution in [-0.4, -0.2) is 58.1 Å². The summed E-state index contributed by atoms with van der Waals surface area (Å²) < 4.78 is 5.34. The Morgan fingerprint density at radius 3 is 2.08 bits per heavy atom. The number of alkyl carbamates (subject to hydrolysis) is 1. The number of hydrogen-bond acceptors (Lipinski definition) is 7. The molecule has 0 radical (unpaired) electrons. The Balaban J connectivity index is 1.41. The SMILES string of the molecule is CC(C)[C@H](NC(=O)OCc1ccccc1)C(=O)N[C@@H](Cc1ccccc1)[C@@H](O)CC(=O)N[C@@H](CC1CCCCC1)C(=O)NCc1ccncc1. The van der Waals surface area contributed by atoms with Gasteiger partial charge in [-0.2, -0.15) is 0 Å². The minimum Gasteiger partial charge on any atom is -0.445 e. The largest absolute Gasteiger partial charge is 0.445 e. The molecule has 1 aromatic heterocycles. The van der Waals surface area contributed by atoms with Gasteiger partial charge in [-0.3, -0.25) is 19.4 Å². The van der Waals surface area contributed by atoms with Crippen LogP contribution >= 0.6 is 0 Å². The number of amides is 4. The number of benzene rings is 2. The monoisotopic (exact) mass is 685 g/mol. The zero-order valence-electron chi connectivity index (χ0n) is 29.1. The van der Waals surface area contributed by atoms with E-state index in [9.17, 15) is 24.3 Å². The summed E-state index contributed by atoms with van der Waals surface area (Å²) in [5, 5.41) is 22.8. The van der Waals surface area contributed by atoms with Crippen LogP contribution < -0.4 is 21.3 Å². The molecule has 2 aromatic carbocycles. The van der Waals surface area contributed by atoms with Crippen molar-refractivity contribution in [2.75, 3.05) is 0 Å². The van der Waals surface area contributed by atoms with Crippen molar-refractivity contribution in [3.8, 4) is 0 Å². The fourth-order valence-corrected chi connectivity index (χ4v) is 6.24. The summed E-state index contributed by atoms with van der Waals surface area (Å²) in [4.78, 5) is 57.1. The Labute approximate surface area is 295 Å². The van der Waals surface area contributed by atoms with E-state index < -0.39 is 42.1 Å². The molecule has 4 atom stereocenters. The maximum Gasteiger partial charge on any atom is 0.408 e. The average Bonchev–Trinajstić information content (AvgIpc) is 3.13. The van der Waals surface area contributed by atoms with Crippen LogP contribution in [-0.2, 0) is 38.7 Å². The van der Waals surface area contributed by atoms with Crippen LogP contribution in [0.5, 0.6) is 0 Å². The van der Waals surface area contributed by atoms with Crippen molar-refractivity contribution >= 4 is 23.8 Å². The standard InChI is InChI=1S/C39H51N5O6/c1-27(2)36(44-39(49)50-26-31-16-10-5-11-17-31)38(48)43-32(22-28-12-6-3-7-13-28)34(45)24-35(46)42-33(23-29-14-8-4-9-15-29)37(47)41-25-30-18-20-40-21-19-30/h3,5-7,10-13,16-21,27,29,32-34,36,45H,4,8-9,14-15,22-26H2,1-2H3,(H,41,47)(H,42,46)(H,43,48)(H,44,49)/t32-,33-,34-,36-/m0/s1. The van der Waals surface area contributed by atoms with Crippen molar-refractivity contribution in [3.05, 3.63) is 102 Å². The number of carbonyl (C=O) groups excluding carboxylic acids is 4. The van der Waals surface area contributed by atoms with Crippen LogP contribution in [0.4, 0.5) is 4.79 Å². The Hall–Kier alpha value is -4.77. The fourth-order valence-electron chi connectivity index (χ4n) is 6.24. The molecule has 0 saturated heterocycles. The van der Waals surface area contributed by atoms with Gasteiger partial charge in [0.15, 0.2) is 0 Å². The first-order chi connectivity index (χ1) is 24.2. The molecule has 5 N–H and O–H groups in total. The number of aliphatic hydroxyl groups excluding tert-OH is 1. The Bertz CT molecular complexity index is 1480. The van der Waals surface area contributed by atoms with Crippen LogP contribution in [0, 0.1) is 11.8 Å². The lowest BCUT2D eigenvalue weighted by molar-refractivity contribution is -0.131. The first-order valence-electron chi connectivity index (χ1n) is 17.6. The lowest BCUT2D eigenvalue weighted by Gasteiger charge is -2.29. The maximum atomic E-state index is 13.6. The van der Waals surface area contributed by atoms with Gasteiger partial charge in [0.2, 0.25) is 17.7 Å². The highest BCUT2D eigenvalue weighted by Crippen LogP contribution is 2.27. The molecule has 4 rings (SSSR count). The number of pyridine rings is 1. The smallest absolute Gasteiger partial charge is 0.408 e. The first-order valence-corrected chi connectivity index (χ1v) is 17.6. The quantitative estimate of drug-likeness (QED) is 0.139. The van der Waals surface area contributed by atoms with Crippen molar-refractivity contribution in [2.24, 2.45) is 11.8 Å². The molecule has 11 heteroatoms. The minimum atomic E-state index is -1.28. The third-order valence-corrected chi connectivity index (χ3v) is 9.08. The van der Waals surface area contributed by atoms with E-state index in [0.29, 0.717) is 18.9 Å². The number of hydrogen-bond donors (Lipinski definition) is 5. The highest BCUT2D eigenvalue weighted by Gasteiger charge is 2.32. The van der Waals surface area contributed by atoms with Crippen LogP contribution in [0.3, 0.4) is 0 Å². The summed E-state index contributed by atoms with van der Waals surface area (Å²) in [6.07, 6.45) is 7.07. The summed E-state index contributed by atoms with van der Waals surface area (Å²) in [6, 6.07) is 19.6. The molecular formula is C39H51N5O6. The number of aromatic nitrogens is 1. The van der Waals surface area contributed by atoms with E-state index in [-0.39, 0.29) is 31.3 Å². The summed E-state index contributed by atoms with van der Waals surface area (Å²) >= 11 is 0. The molecule has 0 aliphatic heterocycles. The van der Waals surface area contributed by atoms with E-state index in [1.165, 1.54) is 6.42 Å². The van der Waals surface area contributed by atoms with E-state index in [0.717, 1.165) is 42.4 Å². The fraction of sp³-hybridized carbons (Fsp3) is 0.462. The summed E-state index contributed by atoms with van der Waals surface area (Å²) in [7, 11) is 0. The Morgan fingerprint density at radius 2 is 1.44 bits per heavy atom. The topological polar surface area (TPSA) is 159 Å². The van der Waals surface area contributed by atoms with Gasteiger partial charge in [0.05, 0.1) is 18.6 Å². The van der Waals surface area contributed by atoms with Gasteiger partial charge in [-0.05, 0) is 53.5 Å². The second-order valence-electron chi connectivity index (χ2n) is 13.4. The molecule has 268 valence electrons. The predicted molar refractivity (Wildman–Crippen MR) is 190 cm³/mol. The van der Waals surface area contributed by atoms with E-state index in [4.69, 9.17) is 4.74 Å². The molecule has 11 nitrogen and oxygen atoms in total. The van der Waals surface area contributed by atoms with Gasteiger partial charge < -0.3 is 31.1 Å². The van der Waals surface area contributed by atoms with Gasteiger partial charge in [-0.25, -0.2) is 4.79 Å². The number of aliphatic hydroxyl groups is 1. The molecule has 3 aromatic rings. The Morgan fingerprint density at radius 1 is 0.800 bits per heavy atom. The highest BCUT2D eigenvalue weighted by molar-refractivity contribution is 5.88. The molecule has 1 aliphatic carbocycles. The van der Waals surface area contributed by atoms with Gasteiger partial charge in [-0.15, -0.1) is 0 Å². The highest BCUT2D eigenvalue weighted by atomic mass is 16.5. The van der Waals surface area contributed by atoms with Gasteiger partial charge in [0.25, 0.3) is 0 Å². The second kappa shape index (κ2) is 20.0. The molecule has 1 fully saturated rings. The molecule has 1 heterocycles. The normalized spacial score (nSPS) is 15.6. The number of nitrogens with one attached hydrogen (secondary N) is 4. The molecule has 1 aliphatic rings. The van der Waals surface area contributed by atoms with Crippen molar-refractivity contribution in [2.45, 2.75) is 103 Å². The molecule has 0 bridgehead atoms. The van der Waals surface area contributed by atoms with Crippen molar-refractivity contribution in [1.29, 1.82) is 0 Å². The molecular weight excluding hydrogens is 634 g/mol. The minimum absolute atomic E-state index is 0.0487. The summed E-state index contributed by atoms with van der Waals surface area (Å²) in [6.45, 7) is 3.94. The molecule has 0 unspecified atom stereocenters. The number of carbonyl (C=O) groups is 4. The molecule has 4 amide bonds. The van der Waals surface area contributed by atoms with Gasteiger partial charge in [0.1, 0.15) is 18.7 Å². The molecule has 50 heavy (non-hydrogen) atoms. The van der Waals surface area contributed by atoms with Crippen LogP contribution in [0.1, 0.15) is 75.5 Å². The van der Waals surface area contributed by atoms with Gasteiger partial charge >= 0.3 is 6.09 Å². The number of rotatable bonds is 17. The van der Waals surface area contributed by atoms with Crippen LogP contribution in [0.2, 0.25) is 0 Å². The zero-order chi connectivity index (χ0) is 35.7. The van der Waals surface area contributed by atoms with Gasteiger partial charge in [0, 0.05) is 18.9 Å². The molecule has 1 saturated carbocycles. The number of nitrogens with zero attached hydrogens (tertiary/aromatic N) is 1. The van der Waals surface area contributed by atoms with Crippen LogP contribution in [0.15, 0.2) is 85.2 Å². The lowest BCUT2D eigenvalue weighted by atomic mass is 9.84. The van der Waals surface area contributed by atoms with Crippen molar-refractivity contribution in [3.63, 3.8) is 0 Å². The van der Waals surface area contributed by atoms with E-state index in [1.54, 1.807) is 26.2 Å². The maximum absolute atomic E-state index is 13.6. The third-order valence-electron chi connectivity index (χ3n) is 9.08. The number of ether oxygens (including phenoxy) is 1. The van der Waals surface area contributed by atoms with Crippen molar-refractivity contribution < 1.29 is 29.0 Å². The molecule has 0 spiro atoms.